The lowest BCUT2D eigenvalue weighted by atomic mass is 9.96. The zero-order valence-electron chi connectivity index (χ0n) is 15.8. The molecule has 2 aromatic carbocycles. The highest BCUT2D eigenvalue weighted by molar-refractivity contribution is 5.96. The zero-order valence-corrected chi connectivity index (χ0v) is 15.8. The minimum absolute atomic E-state index is 0.684. The molecule has 0 aliphatic heterocycles. The van der Waals surface area contributed by atoms with Crippen molar-refractivity contribution < 1.29 is 18.0 Å². The van der Waals surface area contributed by atoms with Gasteiger partial charge in [-0.2, -0.15) is 13.2 Å². The normalized spacial score (nSPS) is 11.5. The third kappa shape index (κ3) is 4.56. The second-order valence-corrected chi connectivity index (χ2v) is 6.82. The van der Waals surface area contributed by atoms with E-state index in [1.807, 2.05) is 38.1 Å². The summed E-state index contributed by atoms with van der Waals surface area (Å²) in [5.41, 5.74) is 0.0593. The standard InChI is InChI=1S/C22H19F3N2O2/c1-13-3-7-15(8-4-13)19(16-9-5-14(2)6-10-16)27-21(29)18-17(22(23,24)25)11-12-26-20(18)28/h3-12,19H,1-2H3,(H,26,28)(H,27,29). The smallest absolute Gasteiger partial charge is 0.341 e. The van der Waals surface area contributed by atoms with Gasteiger partial charge in [0.1, 0.15) is 5.56 Å². The lowest BCUT2D eigenvalue weighted by Crippen LogP contribution is -2.35. The first-order valence-electron chi connectivity index (χ1n) is 8.89. The molecule has 1 aromatic heterocycles. The van der Waals surface area contributed by atoms with Gasteiger partial charge in [0.25, 0.3) is 11.5 Å². The first-order valence-corrected chi connectivity index (χ1v) is 8.89. The lowest BCUT2D eigenvalue weighted by Gasteiger charge is -2.21. The predicted molar refractivity (Wildman–Crippen MR) is 104 cm³/mol. The molecule has 0 spiro atoms. The molecule has 0 saturated carbocycles. The van der Waals surface area contributed by atoms with E-state index in [1.165, 1.54) is 0 Å². The number of rotatable bonds is 4. The second kappa shape index (κ2) is 7.95. The van der Waals surface area contributed by atoms with Gasteiger partial charge in [0.2, 0.25) is 0 Å². The second-order valence-electron chi connectivity index (χ2n) is 6.82. The summed E-state index contributed by atoms with van der Waals surface area (Å²) in [4.78, 5) is 27.0. The SMILES string of the molecule is Cc1ccc(C(NC(=O)c2c(C(F)(F)F)cc[nH]c2=O)c2ccc(C)cc2)cc1. The van der Waals surface area contributed by atoms with Crippen molar-refractivity contribution >= 4 is 5.91 Å². The number of alkyl halides is 3. The average molecular weight is 400 g/mol. The molecule has 3 aromatic rings. The number of aromatic nitrogens is 1. The van der Waals surface area contributed by atoms with Crippen LogP contribution in [0.2, 0.25) is 0 Å². The summed E-state index contributed by atoms with van der Waals surface area (Å²) in [6.45, 7) is 3.81. The monoisotopic (exact) mass is 400 g/mol. The maximum absolute atomic E-state index is 13.3. The van der Waals surface area contributed by atoms with E-state index in [1.54, 1.807) is 24.3 Å². The topological polar surface area (TPSA) is 62.0 Å². The van der Waals surface area contributed by atoms with Crippen molar-refractivity contribution in [3.8, 4) is 0 Å². The number of hydrogen-bond donors (Lipinski definition) is 2. The van der Waals surface area contributed by atoms with Crippen molar-refractivity contribution in [2.75, 3.05) is 0 Å². The van der Waals surface area contributed by atoms with Crippen molar-refractivity contribution in [2.24, 2.45) is 0 Å². The van der Waals surface area contributed by atoms with Gasteiger partial charge in [-0.1, -0.05) is 59.7 Å². The maximum Gasteiger partial charge on any atom is 0.417 e. The molecular formula is C22H19F3N2O2. The highest BCUT2D eigenvalue weighted by atomic mass is 19.4. The van der Waals surface area contributed by atoms with Gasteiger partial charge in [0.15, 0.2) is 0 Å². The third-order valence-electron chi connectivity index (χ3n) is 4.59. The van der Waals surface area contributed by atoms with Gasteiger partial charge < -0.3 is 10.3 Å². The van der Waals surface area contributed by atoms with Gasteiger partial charge in [0.05, 0.1) is 11.6 Å². The Balaban J connectivity index is 2.05. The molecule has 4 nitrogen and oxygen atoms in total. The minimum atomic E-state index is -4.83. The van der Waals surface area contributed by atoms with Crippen LogP contribution in [0.5, 0.6) is 0 Å². The molecule has 1 amide bonds. The molecule has 1 heterocycles. The van der Waals surface area contributed by atoms with Crippen LogP contribution in [0.1, 0.15) is 44.2 Å². The van der Waals surface area contributed by atoms with Crippen LogP contribution >= 0.6 is 0 Å². The summed E-state index contributed by atoms with van der Waals surface area (Å²) in [7, 11) is 0. The summed E-state index contributed by atoms with van der Waals surface area (Å²) in [5.74, 6) is -1.09. The number of carbonyl (C=O) groups excluding carboxylic acids is 1. The fraction of sp³-hybridized carbons (Fsp3) is 0.182. The molecule has 0 bridgehead atoms. The number of benzene rings is 2. The Morgan fingerprint density at radius 2 is 1.38 bits per heavy atom. The van der Waals surface area contributed by atoms with Crippen molar-refractivity contribution in [3.05, 3.63) is 105 Å². The Morgan fingerprint density at radius 3 is 1.83 bits per heavy atom. The van der Waals surface area contributed by atoms with Crippen molar-refractivity contribution in [2.45, 2.75) is 26.1 Å². The fourth-order valence-corrected chi connectivity index (χ4v) is 3.02. The van der Waals surface area contributed by atoms with Gasteiger partial charge >= 0.3 is 6.18 Å². The minimum Gasteiger partial charge on any atom is -0.341 e. The molecule has 29 heavy (non-hydrogen) atoms. The number of aromatic amines is 1. The van der Waals surface area contributed by atoms with Crippen molar-refractivity contribution in [1.29, 1.82) is 0 Å². The first kappa shape index (κ1) is 20.4. The summed E-state index contributed by atoms with van der Waals surface area (Å²) in [5, 5.41) is 2.60. The number of amides is 1. The Labute approximate surface area is 165 Å². The molecule has 0 radical (unpaired) electrons. The number of aryl methyl sites for hydroxylation is 2. The van der Waals surface area contributed by atoms with Gasteiger partial charge in [0, 0.05) is 6.20 Å². The van der Waals surface area contributed by atoms with Gasteiger partial charge in [-0.15, -0.1) is 0 Å². The molecule has 0 unspecified atom stereocenters. The summed E-state index contributed by atoms with van der Waals surface area (Å²) in [6, 6.07) is 14.5. The van der Waals surface area contributed by atoms with E-state index < -0.39 is 34.8 Å². The molecular weight excluding hydrogens is 381 g/mol. The van der Waals surface area contributed by atoms with Crippen molar-refractivity contribution in [1.82, 2.24) is 10.3 Å². The van der Waals surface area contributed by atoms with E-state index in [9.17, 15) is 22.8 Å². The molecule has 0 saturated heterocycles. The van der Waals surface area contributed by atoms with Crippen LogP contribution in [0.25, 0.3) is 0 Å². The highest BCUT2D eigenvalue weighted by Crippen LogP contribution is 2.31. The number of carbonyl (C=O) groups is 1. The molecule has 0 fully saturated rings. The molecule has 0 atom stereocenters. The molecule has 0 aliphatic carbocycles. The molecule has 150 valence electrons. The summed E-state index contributed by atoms with van der Waals surface area (Å²) < 4.78 is 40.0. The first-order chi connectivity index (χ1) is 13.7. The molecule has 2 N–H and O–H groups in total. The van der Waals surface area contributed by atoms with Crippen LogP contribution in [0, 0.1) is 13.8 Å². The van der Waals surface area contributed by atoms with Crippen LogP contribution in [0.4, 0.5) is 13.2 Å². The number of pyridine rings is 1. The average Bonchev–Trinajstić information content (AvgIpc) is 2.66. The number of halogens is 3. The highest BCUT2D eigenvalue weighted by Gasteiger charge is 2.37. The van der Waals surface area contributed by atoms with E-state index >= 15 is 0 Å². The summed E-state index contributed by atoms with van der Waals surface area (Å²) >= 11 is 0. The Kier molecular flexibility index (Phi) is 5.59. The Morgan fingerprint density at radius 1 is 0.897 bits per heavy atom. The van der Waals surface area contributed by atoms with Crippen LogP contribution in [0.15, 0.2) is 65.6 Å². The number of nitrogens with one attached hydrogen (secondary N) is 2. The van der Waals surface area contributed by atoms with E-state index in [0.29, 0.717) is 17.2 Å². The predicted octanol–water partition coefficient (Wildman–Crippen LogP) is 4.53. The Bertz CT molecular complexity index is 1020. The molecule has 7 heteroatoms. The lowest BCUT2D eigenvalue weighted by molar-refractivity contribution is -0.138. The van der Waals surface area contributed by atoms with E-state index in [0.717, 1.165) is 17.3 Å². The van der Waals surface area contributed by atoms with Gasteiger partial charge in [-0.25, -0.2) is 0 Å². The maximum atomic E-state index is 13.3. The van der Waals surface area contributed by atoms with Crippen LogP contribution in [0.3, 0.4) is 0 Å². The van der Waals surface area contributed by atoms with Gasteiger partial charge in [-0.05, 0) is 31.0 Å². The van der Waals surface area contributed by atoms with E-state index in [2.05, 4.69) is 10.3 Å². The summed E-state index contributed by atoms with van der Waals surface area (Å²) in [6.07, 6.45) is -3.95. The van der Waals surface area contributed by atoms with Crippen LogP contribution < -0.4 is 10.9 Å². The zero-order chi connectivity index (χ0) is 21.2. The number of H-pyrrole nitrogens is 1. The third-order valence-corrected chi connectivity index (χ3v) is 4.59. The van der Waals surface area contributed by atoms with Crippen LogP contribution in [-0.2, 0) is 6.18 Å². The van der Waals surface area contributed by atoms with Crippen molar-refractivity contribution in [3.63, 3.8) is 0 Å². The van der Waals surface area contributed by atoms with E-state index in [-0.39, 0.29) is 0 Å². The van der Waals surface area contributed by atoms with E-state index in [4.69, 9.17) is 0 Å². The fourth-order valence-electron chi connectivity index (χ4n) is 3.02. The molecule has 0 aliphatic rings. The van der Waals surface area contributed by atoms with Crippen LogP contribution in [-0.4, -0.2) is 10.9 Å². The Hall–Kier alpha value is -3.35. The number of hydrogen-bond acceptors (Lipinski definition) is 2. The van der Waals surface area contributed by atoms with Gasteiger partial charge in [-0.3, -0.25) is 9.59 Å². The molecule has 3 rings (SSSR count). The largest absolute Gasteiger partial charge is 0.417 e. The quantitative estimate of drug-likeness (QED) is 0.676.